The van der Waals surface area contributed by atoms with E-state index >= 15 is 0 Å². The maximum Gasteiger partial charge on any atom is 0.0973 e. The number of nitrogens with one attached hydrogen (secondary N) is 1. The summed E-state index contributed by atoms with van der Waals surface area (Å²) in [6.45, 7) is 6.15. The molecule has 4 nitrogen and oxygen atoms in total. The first-order valence-electron chi connectivity index (χ1n) is 6.68. The van der Waals surface area contributed by atoms with Crippen LogP contribution in [0.4, 0.5) is 0 Å². The highest BCUT2D eigenvalue weighted by molar-refractivity contribution is 5.11. The predicted molar refractivity (Wildman–Crippen MR) is 67.7 cm³/mol. The van der Waals surface area contributed by atoms with Crippen molar-refractivity contribution in [1.29, 1.82) is 0 Å². The summed E-state index contributed by atoms with van der Waals surface area (Å²) in [5.41, 5.74) is 0.932. The standard InChI is InChI=1S/C13H23N3O/c1-3-10-5-6-14-12(7-10)13(17)11-8-15-16(4-2)9-11/h8-10,12-14,17H,3-7H2,1-2H3. The zero-order chi connectivity index (χ0) is 12.3. The fourth-order valence-electron chi connectivity index (χ4n) is 2.58. The first-order valence-corrected chi connectivity index (χ1v) is 6.68. The van der Waals surface area contributed by atoms with E-state index < -0.39 is 6.10 Å². The average Bonchev–Trinajstić information content (AvgIpc) is 2.86. The Labute approximate surface area is 103 Å². The van der Waals surface area contributed by atoms with Crippen LogP contribution in [-0.2, 0) is 6.54 Å². The van der Waals surface area contributed by atoms with Crippen molar-refractivity contribution in [2.45, 2.75) is 51.8 Å². The Bertz CT molecular complexity index is 350. The molecule has 0 amide bonds. The van der Waals surface area contributed by atoms with Crippen LogP contribution in [-0.4, -0.2) is 27.5 Å². The molecule has 0 saturated carbocycles. The van der Waals surface area contributed by atoms with Crippen molar-refractivity contribution in [1.82, 2.24) is 15.1 Å². The smallest absolute Gasteiger partial charge is 0.0973 e. The molecule has 0 spiro atoms. The molecule has 2 N–H and O–H groups in total. The molecule has 17 heavy (non-hydrogen) atoms. The summed E-state index contributed by atoms with van der Waals surface area (Å²) >= 11 is 0. The lowest BCUT2D eigenvalue weighted by molar-refractivity contribution is 0.0978. The van der Waals surface area contributed by atoms with Crippen LogP contribution in [0.1, 0.15) is 44.8 Å². The second-order valence-corrected chi connectivity index (χ2v) is 4.93. The van der Waals surface area contributed by atoms with Crippen molar-refractivity contribution < 1.29 is 5.11 Å². The Morgan fingerprint density at radius 3 is 3.06 bits per heavy atom. The van der Waals surface area contributed by atoms with Crippen molar-refractivity contribution >= 4 is 0 Å². The first kappa shape index (κ1) is 12.6. The molecule has 1 aliphatic rings. The lowest BCUT2D eigenvalue weighted by atomic mass is 9.87. The minimum absolute atomic E-state index is 0.184. The topological polar surface area (TPSA) is 50.1 Å². The van der Waals surface area contributed by atoms with E-state index in [4.69, 9.17) is 0 Å². The van der Waals surface area contributed by atoms with E-state index in [1.54, 1.807) is 6.20 Å². The number of rotatable bonds is 4. The molecule has 0 radical (unpaired) electrons. The van der Waals surface area contributed by atoms with Gasteiger partial charge in [0.15, 0.2) is 0 Å². The molecule has 2 heterocycles. The molecule has 1 aromatic heterocycles. The molecule has 0 bridgehead atoms. The van der Waals surface area contributed by atoms with Gasteiger partial charge in [-0.2, -0.15) is 5.10 Å². The normalized spacial score (nSPS) is 27.0. The van der Waals surface area contributed by atoms with Crippen LogP contribution in [0, 0.1) is 5.92 Å². The number of aryl methyl sites for hydroxylation is 1. The van der Waals surface area contributed by atoms with Gasteiger partial charge < -0.3 is 10.4 Å². The Hall–Kier alpha value is -0.870. The zero-order valence-electron chi connectivity index (χ0n) is 10.8. The zero-order valence-corrected chi connectivity index (χ0v) is 10.8. The third-order valence-corrected chi connectivity index (χ3v) is 3.82. The van der Waals surface area contributed by atoms with Gasteiger partial charge in [0.05, 0.1) is 12.3 Å². The number of aliphatic hydroxyl groups excluding tert-OH is 1. The van der Waals surface area contributed by atoms with Crippen LogP contribution >= 0.6 is 0 Å². The van der Waals surface area contributed by atoms with Crippen LogP contribution < -0.4 is 5.32 Å². The van der Waals surface area contributed by atoms with Gasteiger partial charge in [-0.1, -0.05) is 13.3 Å². The average molecular weight is 237 g/mol. The van der Waals surface area contributed by atoms with Crippen LogP contribution in [0.15, 0.2) is 12.4 Å². The van der Waals surface area contributed by atoms with Gasteiger partial charge in [0, 0.05) is 24.3 Å². The summed E-state index contributed by atoms with van der Waals surface area (Å²) in [7, 11) is 0. The molecule has 0 aliphatic carbocycles. The van der Waals surface area contributed by atoms with E-state index in [9.17, 15) is 5.11 Å². The molecule has 1 fully saturated rings. The molecular weight excluding hydrogens is 214 g/mol. The summed E-state index contributed by atoms with van der Waals surface area (Å²) in [4.78, 5) is 0. The molecule has 2 rings (SSSR count). The van der Waals surface area contributed by atoms with Gasteiger partial charge in [-0.05, 0) is 32.2 Å². The lowest BCUT2D eigenvalue weighted by Gasteiger charge is -2.32. The Morgan fingerprint density at radius 1 is 1.59 bits per heavy atom. The Kier molecular flexibility index (Phi) is 4.18. The van der Waals surface area contributed by atoms with E-state index in [1.165, 1.54) is 12.8 Å². The summed E-state index contributed by atoms with van der Waals surface area (Å²) in [6, 6.07) is 0.184. The highest BCUT2D eigenvalue weighted by Gasteiger charge is 2.27. The molecule has 1 saturated heterocycles. The van der Waals surface area contributed by atoms with Crippen molar-refractivity contribution in [3.63, 3.8) is 0 Å². The summed E-state index contributed by atoms with van der Waals surface area (Å²) in [5.74, 6) is 0.747. The predicted octanol–water partition coefficient (Wildman–Crippen LogP) is 1.71. The van der Waals surface area contributed by atoms with Gasteiger partial charge in [-0.3, -0.25) is 4.68 Å². The fraction of sp³-hybridized carbons (Fsp3) is 0.769. The number of hydrogen-bond acceptors (Lipinski definition) is 3. The third-order valence-electron chi connectivity index (χ3n) is 3.82. The minimum Gasteiger partial charge on any atom is -0.387 e. The van der Waals surface area contributed by atoms with Gasteiger partial charge in [0.25, 0.3) is 0 Å². The SMILES string of the molecule is CCC1CCNC(C(O)c2cnn(CC)c2)C1. The minimum atomic E-state index is -0.426. The lowest BCUT2D eigenvalue weighted by Crippen LogP contribution is -2.41. The molecular formula is C13H23N3O. The fourth-order valence-corrected chi connectivity index (χ4v) is 2.58. The van der Waals surface area contributed by atoms with Gasteiger partial charge in [-0.15, -0.1) is 0 Å². The molecule has 96 valence electrons. The summed E-state index contributed by atoms with van der Waals surface area (Å²) in [5, 5.41) is 18.0. The number of aliphatic hydroxyl groups is 1. The van der Waals surface area contributed by atoms with Crippen molar-refractivity contribution in [2.75, 3.05) is 6.54 Å². The quantitative estimate of drug-likeness (QED) is 0.838. The van der Waals surface area contributed by atoms with E-state index in [-0.39, 0.29) is 6.04 Å². The molecule has 1 aliphatic heterocycles. The number of nitrogens with zero attached hydrogens (tertiary/aromatic N) is 2. The largest absolute Gasteiger partial charge is 0.387 e. The number of hydrogen-bond donors (Lipinski definition) is 2. The molecule has 0 aromatic carbocycles. The van der Waals surface area contributed by atoms with Gasteiger partial charge in [0.2, 0.25) is 0 Å². The van der Waals surface area contributed by atoms with Crippen LogP contribution in [0.5, 0.6) is 0 Å². The number of piperidine rings is 1. The molecule has 4 heteroatoms. The maximum atomic E-state index is 10.4. The summed E-state index contributed by atoms with van der Waals surface area (Å²) < 4.78 is 1.86. The molecule has 3 atom stereocenters. The van der Waals surface area contributed by atoms with Crippen molar-refractivity contribution in [3.8, 4) is 0 Å². The van der Waals surface area contributed by atoms with Crippen molar-refractivity contribution in [2.24, 2.45) is 5.92 Å². The third kappa shape index (κ3) is 2.87. The van der Waals surface area contributed by atoms with Crippen molar-refractivity contribution in [3.05, 3.63) is 18.0 Å². The van der Waals surface area contributed by atoms with E-state index in [2.05, 4.69) is 24.3 Å². The van der Waals surface area contributed by atoms with E-state index in [0.29, 0.717) is 0 Å². The van der Waals surface area contributed by atoms with E-state index in [0.717, 1.165) is 31.0 Å². The number of aromatic nitrogens is 2. The maximum absolute atomic E-state index is 10.4. The van der Waals surface area contributed by atoms with Crippen LogP contribution in [0.25, 0.3) is 0 Å². The van der Waals surface area contributed by atoms with Crippen LogP contribution in [0.3, 0.4) is 0 Å². The van der Waals surface area contributed by atoms with E-state index in [1.807, 2.05) is 10.9 Å². The van der Waals surface area contributed by atoms with Gasteiger partial charge >= 0.3 is 0 Å². The van der Waals surface area contributed by atoms with Gasteiger partial charge in [-0.25, -0.2) is 0 Å². The highest BCUT2D eigenvalue weighted by Crippen LogP contribution is 2.27. The second kappa shape index (κ2) is 5.65. The molecule has 3 unspecified atom stereocenters. The Balaban J connectivity index is 2.00. The summed E-state index contributed by atoms with van der Waals surface area (Å²) in [6.07, 6.45) is 6.81. The second-order valence-electron chi connectivity index (χ2n) is 4.93. The van der Waals surface area contributed by atoms with Crippen LogP contribution in [0.2, 0.25) is 0 Å². The van der Waals surface area contributed by atoms with Gasteiger partial charge in [0.1, 0.15) is 0 Å². The first-order chi connectivity index (χ1) is 8.24. The molecule has 1 aromatic rings. The highest BCUT2D eigenvalue weighted by atomic mass is 16.3. The monoisotopic (exact) mass is 237 g/mol. The Morgan fingerprint density at radius 2 is 2.41 bits per heavy atom.